The average molecular weight is 165 g/mol. The highest BCUT2D eigenvalue weighted by Crippen LogP contribution is 2.07. The lowest BCUT2D eigenvalue weighted by molar-refractivity contribution is -0.116. The molecule has 1 aliphatic rings. The first kappa shape index (κ1) is 8.39. The smallest absolute Gasteiger partial charge is 0.211 e. The van der Waals surface area contributed by atoms with Gasteiger partial charge in [0, 0.05) is 11.6 Å². The molecule has 1 aliphatic carbocycles. The van der Waals surface area contributed by atoms with Gasteiger partial charge in [-0.3, -0.25) is 14.4 Å². The summed E-state index contributed by atoms with van der Waals surface area (Å²) >= 11 is 0. The predicted octanol–water partition coefficient (Wildman–Crippen LogP) is -0.286. The molecule has 0 fully saturated rings. The fraction of sp³-hybridized carbons (Fsp3) is 0.125. The first-order valence-electron chi connectivity index (χ1n) is 3.34. The number of carbonyl (C=O) groups excluding carboxylic acids is 3. The Kier molecular flexibility index (Phi) is 2.19. The van der Waals surface area contributed by atoms with Crippen LogP contribution < -0.4 is 5.32 Å². The normalized spacial score (nSPS) is 16.8. The summed E-state index contributed by atoms with van der Waals surface area (Å²) in [6, 6.07) is 0. The molecule has 0 aromatic heterocycles. The average Bonchev–Trinajstić information content (AvgIpc) is 2.01. The molecule has 1 amide bonds. The molecule has 0 aromatic rings. The number of hydrogen-bond donors (Lipinski definition) is 1. The van der Waals surface area contributed by atoms with Gasteiger partial charge in [0.1, 0.15) is 0 Å². The number of nitrogens with one attached hydrogen (secondary N) is 1. The van der Waals surface area contributed by atoms with Crippen LogP contribution >= 0.6 is 0 Å². The molecule has 4 nitrogen and oxygen atoms in total. The molecule has 0 saturated heterocycles. The first-order chi connectivity index (χ1) is 5.65. The van der Waals surface area contributed by atoms with Gasteiger partial charge in [-0.2, -0.15) is 0 Å². The first-order valence-corrected chi connectivity index (χ1v) is 3.34. The zero-order chi connectivity index (χ0) is 9.14. The Balaban J connectivity index is 2.92. The summed E-state index contributed by atoms with van der Waals surface area (Å²) in [5.41, 5.74) is 0.414. The van der Waals surface area contributed by atoms with Gasteiger partial charge in [0.15, 0.2) is 5.78 Å². The second-order valence-electron chi connectivity index (χ2n) is 2.38. The van der Waals surface area contributed by atoms with Crippen LogP contribution in [0.4, 0.5) is 0 Å². The van der Waals surface area contributed by atoms with Crippen LogP contribution in [-0.2, 0) is 14.4 Å². The molecule has 0 aliphatic heterocycles. The van der Waals surface area contributed by atoms with Crippen LogP contribution in [0.15, 0.2) is 23.4 Å². The predicted molar refractivity (Wildman–Crippen MR) is 41.1 cm³/mol. The second kappa shape index (κ2) is 3.13. The maximum absolute atomic E-state index is 11.0. The zero-order valence-corrected chi connectivity index (χ0v) is 6.46. The molecule has 1 N–H and O–H groups in total. The summed E-state index contributed by atoms with van der Waals surface area (Å²) in [6.45, 7) is 1.55. The van der Waals surface area contributed by atoms with E-state index in [1.165, 1.54) is 6.08 Å². The third-order valence-corrected chi connectivity index (χ3v) is 1.49. The quantitative estimate of drug-likeness (QED) is 0.452. The molecule has 0 aromatic carbocycles. The molecule has 0 bridgehead atoms. The van der Waals surface area contributed by atoms with Crippen molar-refractivity contribution in [1.82, 2.24) is 5.32 Å². The lowest BCUT2D eigenvalue weighted by Gasteiger charge is -2.06. The summed E-state index contributed by atoms with van der Waals surface area (Å²) in [5.74, 6) is -0.599. The maximum atomic E-state index is 11.0. The molecular weight excluding hydrogens is 158 g/mol. The lowest BCUT2D eigenvalue weighted by Crippen LogP contribution is -2.22. The summed E-state index contributed by atoms with van der Waals surface area (Å²) in [7, 11) is 0. The van der Waals surface area contributed by atoms with E-state index < -0.39 is 0 Å². The third kappa shape index (κ3) is 1.47. The summed E-state index contributed by atoms with van der Waals surface area (Å²) < 4.78 is 0. The van der Waals surface area contributed by atoms with E-state index in [2.05, 4.69) is 5.32 Å². The van der Waals surface area contributed by atoms with Crippen molar-refractivity contribution in [3.05, 3.63) is 23.4 Å². The van der Waals surface area contributed by atoms with Crippen molar-refractivity contribution < 1.29 is 14.4 Å². The van der Waals surface area contributed by atoms with Crippen LogP contribution in [0.5, 0.6) is 0 Å². The van der Waals surface area contributed by atoms with Gasteiger partial charge in [0.2, 0.25) is 12.2 Å². The number of allylic oxidation sites excluding steroid dienone is 3. The number of rotatable bonds is 2. The Hall–Kier alpha value is -1.71. The topological polar surface area (TPSA) is 63.2 Å². The summed E-state index contributed by atoms with van der Waals surface area (Å²) in [5, 5.41) is 2.15. The van der Waals surface area contributed by atoms with Gasteiger partial charge in [0.05, 0.1) is 5.70 Å². The second-order valence-corrected chi connectivity index (χ2v) is 2.38. The SMILES string of the molecule is CC1=CC(=O)C(NC=O)=CC1=O. The minimum Gasteiger partial charge on any atom is -0.325 e. The van der Waals surface area contributed by atoms with E-state index in [1.54, 1.807) is 6.92 Å². The van der Waals surface area contributed by atoms with Gasteiger partial charge in [-0.15, -0.1) is 0 Å². The molecule has 4 heteroatoms. The van der Waals surface area contributed by atoms with Gasteiger partial charge in [-0.25, -0.2) is 0 Å². The minimum absolute atomic E-state index is 0.0283. The molecule has 0 unspecified atom stereocenters. The number of hydrogen-bond acceptors (Lipinski definition) is 3. The van der Waals surface area contributed by atoms with E-state index in [4.69, 9.17) is 0 Å². The number of ketones is 2. The molecule has 0 heterocycles. The van der Waals surface area contributed by atoms with Crippen molar-refractivity contribution in [3.63, 3.8) is 0 Å². The van der Waals surface area contributed by atoms with Crippen LogP contribution in [0.3, 0.4) is 0 Å². The standard InChI is InChI=1S/C8H7NO3/c1-5-2-8(12)6(9-4-10)3-7(5)11/h2-4H,1H3,(H,9,10). The fourth-order valence-corrected chi connectivity index (χ4v) is 0.838. The van der Waals surface area contributed by atoms with E-state index in [9.17, 15) is 14.4 Å². The number of amides is 1. The van der Waals surface area contributed by atoms with Gasteiger partial charge < -0.3 is 5.32 Å². The molecule has 0 saturated carbocycles. The number of carbonyl (C=O) groups is 3. The van der Waals surface area contributed by atoms with E-state index in [0.717, 1.165) is 6.08 Å². The van der Waals surface area contributed by atoms with Gasteiger partial charge in [-0.05, 0) is 13.0 Å². The van der Waals surface area contributed by atoms with Gasteiger partial charge in [-0.1, -0.05) is 0 Å². The van der Waals surface area contributed by atoms with Crippen LogP contribution in [0.25, 0.3) is 0 Å². The van der Waals surface area contributed by atoms with Crippen molar-refractivity contribution in [2.75, 3.05) is 0 Å². The lowest BCUT2D eigenvalue weighted by atomic mass is 10.0. The van der Waals surface area contributed by atoms with E-state index in [1.807, 2.05) is 0 Å². The van der Waals surface area contributed by atoms with Crippen molar-refractivity contribution in [2.24, 2.45) is 0 Å². The third-order valence-electron chi connectivity index (χ3n) is 1.49. The Morgan fingerprint density at radius 3 is 2.50 bits per heavy atom. The van der Waals surface area contributed by atoms with Crippen molar-refractivity contribution >= 4 is 18.0 Å². The van der Waals surface area contributed by atoms with E-state index in [-0.39, 0.29) is 17.3 Å². The largest absolute Gasteiger partial charge is 0.325 e. The van der Waals surface area contributed by atoms with Crippen molar-refractivity contribution in [1.29, 1.82) is 0 Å². The fourth-order valence-electron chi connectivity index (χ4n) is 0.838. The Morgan fingerprint density at radius 2 is 1.92 bits per heavy atom. The van der Waals surface area contributed by atoms with Crippen LogP contribution in [0, 0.1) is 0 Å². The Morgan fingerprint density at radius 1 is 1.25 bits per heavy atom. The highest BCUT2D eigenvalue weighted by molar-refractivity contribution is 6.19. The Bertz CT molecular complexity index is 312. The van der Waals surface area contributed by atoms with Crippen LogP contribution in [-0.4, -0.2) is 18.0 Å². The summed E-state index contributed by atoms with van der Waals surface area (Å²) in [4.78, 5) is 32.0. The molecule has 0 spiro atoms. The molecule has 0 atom stereocenters. The van der Waals surface area contributed by atoms with E-state index >= 15 is 0 Å². The minimum atomic E-state index is -0.348. The zero-order valence-electron chi connectivity index (χ0n) is 6.46. The Labute approximate surface area is 68.9 Å². The van der Waals surface area contributed by atoms with Gasteiger partial charge >= 0.3 is 0 Å². The van der Waals surface area contributed by atoms with Crippen molar-refractivity contribution in [3.8, 4) is 0 Å². The maximum Gasteiger partial charge on any atom is 0.211 e. The molecule has 12 heavy (non-hydrogen) atoms. The highest BCUT2D eigenvalue weighted by atomic mass is 16.1. The van der Waals surface area contributed by atoms with Crippen LogP contribution in [0.2, 0.25) is 0 Å². The highest BCUT2D eigenvalue weighted by Gasteiger charge is 2.16. The molecule has 62 valence electrons. The molecule has 1 rings (SSSR count). The molecular formula is C8H7NO3. The van der Waals surface area contributed by atoms with Crippen LogP contribution in [0.1, 0.15) is 6.92 Å². The molecule has 0 radical (unpaired) electrons. The van der Waals surface area contributed by atoms with E-state index in [0.29, 0.717) is 12.0 Å². The van der Waals surface area contributed by atoms with Gasteiger partial charge in [0.25, 0.3) is 0 Å². The summed E-state index contributed by atoms with van der Waals surface area (Å²) in [6.07, 6.45) is 2.69. The van der Waals surface area contributed by atoms with Crippen molar-refractivity contribution in [2.45, 2.75) is 6.92 Å². The monoisotopic (exact) mass is 165 g/mol.